The van der Waals surface area contributed by atoms with Gasteiger partial charge >= 0.3 is 0 Å². The second-order valence-electron chi connectivity index (χ2n) is 5.01. The van der Waals surface area contributed by atoms with Crippen LogP contribution in [0, 0.1) is 5.41 Å². The SMILES string of the molecule is CC(C)N(C)C(=O)CNCC1(C)CC1. The van der Waals surface area contributed by atoms with Gasteiger partial charge in [-0.2, -0.15) is 0 Å². The van der Waals surface area contributed by atoms with Crippen LogP contribution in [0.5, 0.6) is 0 Å². The van der Waals surface area contributed by atoms with Gasteiger partial charge in [-0.15, -0.1) is 0 Å². The summed E-state index contributed by atoms with van der Waals surface area (Å²) in [6, 6.07) is 0.292. The molecule has 1 fully saturated rings. The van der Waals surface area contributed by atoms with Crippen LogP contribution in [0.1, 0.15) is 33.6 Å². The zero-order valence-corrected chi connectivity index (χ0v) is 9.76. The van der Waals surface area contributed by atoms with Crippen LogP contribution in [-0.4, -0.2) is 37.0 Å². The third kappa shape index (κ3) is 3.29. The number of rotatable bonds is 5. The van der Waals surface area contributed by atoms with Crippen LogP contribution in [-0.2, 0) is 4.79 Å². The molecule has 1 N–H and O–H groups in total. The lowest BCUT2D eigenvalue weighted by atomic mass is 10.1. The van der Waals surface area contributed by atoms with Gasteiger partial charge in [0.25, 0.3) is 0 Å². The van der Waals surface area contributed by atoms with Gasteiger partial charge in [-0.1, -0.05) is 6.92 Å². The highest BCUT2D eigenvalue weighted by Crippen LogP contribution is 2.43. The number of carbonyl (C=O) groups excluding carboxylic acids is 1. The van der Waals surface area contributed by atoms with E-state index < -0.39 is 0 Å². The lowest BCUT2D eigenvalue weighted by molar-refractivity contribution is -0.130. The summed E-state index contributed by atoms with van der Waals surface area (Å²) < 4.78 is 0. The number of carbonyl (C=O) groups is 1. The molecule has 0 unspecified atom stereocenters. The van der Waals surface area contributed by atoms with Crippen LogP contribution in [0.15, 0.2) is 0 Å². The maximum Gasteiger partial charge on any atom is 0.236 e. The van der Waals surface area contributed by atoms with Gasteiger partial charge in [0.15, 0.2) is 0 Å². The Morgan fingerprint density at radius 2 is 2.07 bits per heavy atom. The Bertz CT molecular complexity index is 209. The van der Waals surface area contributed by atoms with E-state index in [0.717, 1.165) is 6.54 Å². The van der Waals surface area contributed by atoms with E-state index in [2.05, 4.69) is 12.2 Å². The highest BCUT2D eigenvalue weighted by atomic mass is 16.2. The first-order chi connectivity index (χ1) is 6.44. The molecule has 1 aliphatic rings. The van der Waals surface area contributed by atoms with E-state index in [1.807, 2.05) is 20.9 Å². The van der Waals surface area contributed by atoms with E-state index in [9.17, 15) is 4.79 Å². The number of nitrogens with zero attached hydrogens (tertiary/aromatic N) is 1. The van der Waals surface area contributed by atoms with Crippen LogP contribution in [0.25, 0.3) is 0 Å². The minimum absolute atomic E-state index is 0.184. The summed E-state index contributed by atoms with van der Waals surface area (Å²) in [6.45, 7) is 7.77. The van der Waals surface area contributed by atoms with E-state index in [1.165, 1.54) is 12.8 Å². The summed E-state index contributed by atoms with van der Waals surface area (Å²) >= 11 is 0. The third-order valence-corrected chi connectivity index (χ3v) is 3.10. The van der Waals surface area contributed by atoms with Gasteiger partial charge in [-0.05, 0) is 32.1 Å². The Kier molecular flexibility index (Phi) is 3.53. The predicted molar refractivity (Wildman–Crippen MR) is 58.1 cm³/mol. The summed E-state index contributed by atoms with van der Waals surface area (Å²) in [5.74, 6) is 0.184. The Morgan fingerprint density at radius 3 is 2.50 bits per heavy atom. The summed E-state index contributed by atoms with van der Waals surface area (Å²) in [5, 5.41) is 3.23. The summed E-state index contributed by atoms with van der Waals surface area (Å²) in [7, 11) is 1.85. The van der Waals surface area contributed by atoms with E-state index in [-0.39, 0.29) is 5.91 Å². The van der Waals surface area contributed by atoms with Gasteiger partial charge in [0.2, 0.25) is 5.91 Å². The van der Waals surface area contributed by atoms with Gasteiger partial charge in [0, 0.05) is 19.6 Å². The lowest BCUT2D eigenvalue weighted by Gasteiger charge is -2.22. The summed E-state index contributed by atoms with van der Waals surface area (Å²) in [4.78, 5) is 13.3. The molecule has 0 aromatic carbocycles. The van der Waals surface area contributed by atoms with Crippen molar-refractivity contribution in [1.29, 1.82) is 0 Å². The maximum atomic E-state index is 11.6. The molecule has 0 aromatic heterocycles. The first kappa shape index (κ1) is 11.5. The molecule has 0 spiro atoms. The molecule has 0 bridgehead atoms. The molecule has 0 aliphatic heterocycles. The third-order valence-electron chi connectivity index (χ3n) is 3.10. The minimum Gasteiger partial charge on any atom is -0.342 e. The van der Waals surface area contributed by atoms with Crippen LogP contribution in [0.4, 0.5) is 0 Å². The predicted octanol–water partition coefficient (Wildman–Crippen LogP) is 1.24. The molecule has 1 saturated carbocycles. The summed E-state index contributed by atoms with van der Waals surface area (Å²) in [6.07, 6.45) is 2.60. The van der Waals surface area contributed by atoms with Crippen molar-refractivity contribution in [3.05, 3.63) is 0 Å². The monoisotopic (exact) mass is 198 g/mol. The zero-order chi connectivity index (χ0) is 10.8. The van der Waals surface area contributed by atoms with Crippen molar-refractivity contribution in [2.24, 2.45) is 5.41 Å². The fourth-order valence-electron chi connectivity index (χ4n) is 1.27. The normalized spacial score (nSPS) is 18.4. The zero-order valence-electron chi connectivity index (χ0n) is 9.76. The second kappa shape index (κ2) is 4.30. The van der Waals surface area contributed by atoms with E-state index in [1.54, 1.807) is 4.90 Å². The van der Waals surface area contributed by atoms with E-state index in [0.29, 0.717) is 18.0 Å². The fourth-order valence-corrected chi connectivity index (χ4v) is 1.27. The van der Waals surface area contributed by atoms with Crippen molar-refractivity contribution in [2.75, 3.05) is 20.1 Å². The topological polar surface area (TPSA) is 32.3 Å². The Labute approximate surface area is 86.9 Å². The smallest absolute Gasteiger partial charge is 0.236 e. The Hall–Kier alpha value is -0.570. The van der Waals surface area contributed by atoms with E-state index >= 15 is 0 Å². The molecular weight excluding hydrogens is 176 g/mol. The molecule has 3 heteroatoms. The number of amides is 1. The van der Waals surface area contributed by atoms with Gasteiger partial charge < -0.3 is 10.2 Å². The Balaban J connectivity index is 2.14. The van der Waals surface area contributed by atoms with Crippen LogP contribution in [0.2, 0.25) is 0 Å². The standard InChI is InChI=1S/C11H22N2O/c1-9(2)13(4)10(14)7-12-8-11(3)5-6-11/h9,12H,5-8H2,1-4H3. The van der Waals surface area contributed by atoms with Crippen molar-refractivity contribution in [3.63, 3.8) is 0 Å². The number of hydrogen-bond donors (Lipinski definition) is 1. The van der Waals surface area contributed by atoms with Crippen molar-refractivity contribution in [1.82, 2.24) is 10.2 Å². The fraction of sp³-hybridized carbons (Fsp3) is 0.909. The second-order valence-corrected chi connectivity index (χ2v) is 5.01. The minimum atomic E-state index is 0.184. The van der Waals surface area contributed by atoms with Gasteiger partial charge in [0.1, 0.15) is 0 Å². The molecule has 0 saturated heterocycles. The molecule has 1 aliphatic carbocycles. The van der Waals surface area contributed by atoms with Crippen molar-refractivity contribution < 1.29 is 4.79 Å². The molecule has 82 valence electrons. The first-order valence-electron chi connectivity index (χ1n) is 5.41. The molecule has 0 aromatic rings. The van der Waals surface area contributed by atoms with Crippen molar-refractivity contribution in [3.8, 4) is 0 Å². The van der Waals surface area contributed by atoms with Gasteiger partial charge in [0.05, 0.1) is 6.54 Å². The number of hydrogen-bond acceptors (Lipinski definition) is 2. The average Bonchev–Trinajstić information content (AvgIpc) is 2.82. The molecular formula is C11H22N2O. The van der Waals surface area contributed by atoms with Crippen molar-refractivity contribution >= 4 is 5.91 Å². The summed E-state index contributed by atoms with van der Waals surface area (Å²) in [5.41, 5.74) is 0.483. The van der Waals surface area contributed by atoms with Crippen LogP contribution < -0.4 is 5.32 Å². The molecule has 3 nitrogen and oxygen atoms in total. The Morgan fingerprint density at radius 1 is 1.50 bits per heavy atom. The lowest BCUT2D eigenvalue weighted by Crippen LogP contribution is -2.40. The van der Waals surface area contributed by atoms with Gasteiger partial charge in [-0.25, -0.2) is 0 Å². The molecule has 0 radical (unpaired) electrons. The van der Waals surface area contributed by atoms with Crippen molar-refractivity contribution in [2.45, 2.75) is 39.7 Å². The number of nitrogens with one attached hydrogen (secondary N) is 1. The van der Waals surface area contributed by atoms with E-state index in [4.69, 9.17) is 0 Å². The highest BCUT2D eigenvalue weighted by molar-refractivity contribution is 5.78. The first-order valence-corrected chi connectivity index (χ1v) is 5.41. The highest BCUT2D eigenvalue weighted by Gasteiger charge is 2.36. The molecule has 0 heterocycles. The molecule has 0 atom stereocenters. The maximum absolute atomic E-state index is 11.6. The average molecular weight is 198 g/mol. The van der Waals surface area contributed by atoms with Gasteiger partial charge in [-0.3, -0.25) is 4.79 Å². The quantitative estimate of drug-likeness (QED) is 0.721. The van der Waals surface area contributed by atoms with Crippen LogP contribution in [0.3, 0.4) is 0 Å². The largest absolute Gasteiger partial charge is 0.342 e. The number of likely N-dealkylation sites (N-methyl/N-ethyl adjacent to an activating group) is 1. The molecule has 1 amide bonds. The van der Waals surface area contributed by atoms with Crippen LogP contribution >= 0.6 is 0 Å². The molecule has 1 rings (SSSR count). The molecule has 14 heavy (non-hydrogen) atoms.